The molecule has 2 aromatic carbocycles. The lowest BCUT2D eigenvalue weighted by Crippen LogP contribution is -2.45. The highest BCUT2D eigenvalue weighted by molar-refractivity contribution is 6.12. The zero-order valence-corrected chi connectivity index (χ0v) is 14.3. The van der Waals surface area contributed by atoms with E-state index in [2.05, 4.69) is 13.0 Å². The van der Waals surface area contributed by atoms with Crippen molar-refractivity contribution in [2.75, 3.05) is 4.90 Å². The van der Waals surface area contributed by atoms with Gasteiger partial charge in [0.25, 0.3) is 5.91 Å². The summed E-state index contributed by atoms with van der Waals surface area (Å²) in [6.07, 6.45) is 8.73. The molecule has 0 spiro atoms. The van der Waals surface area contributed by atoms with E-state index in [1.54, 1.807) is 11.0 Å². The van der Waals surface area contributed by atoms with Crippen molar-refractivity contribution in [3.8, 4) is 0 Å². The van der Waals surface area contributed by atoms with Crippen molar-refractivity contribution in [3.63, 3.8) is 0 Å². The Labute approximate surface area is 147 Å². The minimum absolute atomic E-state index is 0.161. The molecular formula is C22H21NO2. The van der Waals surface area contributed by atoms with Gasteiger partial charge in [0.05, 0.1) is 0 Å². The van der Waals surface area contributed by atoms with E-state index in [1.165, 1.54) is 0 Å². The molecule has 0 saturated heterocycles. The summed E-state index contributed by atoms with van der Waals surface area (Å²) in [4.78, 5) is 14.7. The first kappa shape index (κ1) is 15.9. The molecular weight excluding hydrogens is 310 g/mol. The molecule has 126 valence electrons. The second-order valence-corrected chi connectivity index (χ2v) is 6.52. The van der Waals surface area contributed by atoms with E-state index < -0.39 is 5.72 Å². The molecule has 1 heterocycles. The summed E-state index contributed by atoms with van der Waals surface area (Å²) in [6.45, 7) is 2.08. The van der Waals surface area contributed by atoms with Crippen LogP contribution in [0.3, 0.4) is 0 Å². The lowest BCUT2D eigenvalue weighted by molar-refractivity contribution is 0.0695. The number of amides is 1. The number of hydrogen-bond donors (Lipinski definition) is 1. The van der Waals surface area contributed by atoms with Crippen LogP contribution in [0.1, 0.15) is 41.3 Å². The van der Waals surface area contributed by atoms with Crippen LogP contribution < -0.4 is 4.90 Å². The molecule has 0 bridgehead atoms. The molecule has 0 radical (unpaired) electrons. The minimum atomic E-state index is -1.46. The van der Waals surface area contributed by atoms with Gasteiger partial charge >= 0.3 is 0 Å². The van der Waals surface area contributed by atoms with E-state index in [0.717, 1.165) is 36.1 Å². The summed E-state index contributed by atoms with van der Waals surface area (Å²) in [7, 11) is 0. The van der Waals surface area contributed by atoms with Gasteiger partial charge in [0.1, 0.15) is 0 Å². The van der Waals surface area contributed by atoms with E-state index >= 15 is 0 Å². The van der Waals surface area contributed by atoms with Crippen LogP contribution in [0.5, 0.6) is 0 Å². The van der Waals surface area contributed by atoms with Gasteiger partial charge in [0.15, 0.2) is 5.72 Å². The summed E-state index contributed by atoms with van der Waals surface area (Å²) in [5.41, 5.74) is 2.38. The largest absolute Gasteiger partial charge is 0.363 e. The Kier molecular flexibility index (Phi) is 3.81. The van der Waals surface area contributed by atoms with Crippen LogP contribution >= 0.6 is 0 Å². The highest BCUT2D eigenvalue weighted by Gasteiger charge is 2.51. The van der Waals surface area contributed by atoms with E-state index in [-0.39, 0.29) is 5.91 Å². The third-order valence-electron chi connectivity index (χ3n) is 5.03. The fourth-order valence-corrected chi connectivity index (χ4v) is 3.74. The highest BCUT2D eigenvalue weighted by atomic mass is 16.3. The summed E-state index contributed by atoms with van der Waals surface area (Å²) in [6, 6.07) is 15.2. The molecule has 1 amide bonds. The van der Waals surface area contributed by atoms with Crippen molar-refractivity contribution >= 4 is 11.6 Å². The van der Waals surface area contributed by atoms with Gasteiger partial charge in [-0.3, -0.25) is 9.69 Å². The number of benzene rings is 2. The molecule has 0 aromatic heterocycles. The second kappa shape index (κ2) is 6.01. The number of aliphatic hydroxyl groups is 1. The molecule has 3 nitrogen and oxygen atoms in total. The molecule has 0 saturated carbocycles. The fourth-order valence-electron chi connectivity index (χ4n) is 3.74. The molecule has 1 aliphatic heterocycles. The van der Waals surface area contributed by atoms with Crippen molar-refractivity contribution in [1.29, 1.82) is 0 Å². The average Bonchev–Trinajstić information content (AvgIpc) is 2.91. The van der Waals surface area contributed by atoms with Gasteiger partial charge in [-0.2, -0.15) is 0 Å². The molecule has 1 atom stereocenters. The maximum atomic E-state index is 13.2. The fraction of sp³-hybridized carbons (Fsp3) is 0.227. The average molecular weight is 331 g/mol. The summed E-state index contributed by atoms with van der Waals surface area (Å²) in [5.74, 6) is -0.161. The first-order chi connectivity index (χ1) is 12.2. The molecule has 1 aliphatic carbocycles. The van der Waals surface area contributed by atoms with Crippen LogP contribution in [0, 0.1) is 0 Å². The van der Waals surface area contributed by atoms with Crippen molar-refractivity contribution in [2.24, 2.45) is 0 Å². The lowest BCUT2D eigenvalue weighted by atomic mass is 9.90. The van der Waals surface area contributed by atoms with Gasteiger partial charge in [0, 0.05) is 22.4 Å². The van der Waals surface area contributed by atoms with Crippen molar-refractivity contribution in [3.05, 3.63) is 89.0 Å². The molecule has 4 rings (SSSR count). The Morgan fingerprint density at radius 3 is 2.72 bits per heavy atom. The molecule has 2 aromatic rings. The van der Waals surface area contributed by atoms with E-state index in [4.69, 9.17) is 0 Å². The van der Waals surface area contributed by atoms with Gasteiger partial charge in [-0.15, -0.1) is 0 Å². The number of allylic oxidation sites excluding steroid dienone is 2. The standard InChI is InChI=1S/C22H21NO2/c1-2-16-9-8-12-18(15-16)23-21(24)19-13-6-7-14-20(19)22(23,25)17-10-4-3-5-11-17/h4,6-15,25H,2-3,5H2,1H3. The van der Waals surface area contributed by atoms with Gasteiger partial charge in [-0.1, -0.05) is 55.5 Å². The Balaban J connectivity index is 1.94. The summed E-state index contributed by atoms with van der Waals surface area (Å²) >= 11 is 0. The lowest BCUT2D eigenvalue weighted by Gasteiger charge is -2.36. The molecule has 3 heteroatoms. The normalized spacial score (nSPS) is 22.1. The quantitative estimate of drug-likeness (QED) is 0.909. The number of hydrogen-bond acceptors (Lipinski definition) is 2. The first-order valence-corrected chi connectivity index (χ1v) is 8.79. The zero-order chi connectivity index (χ0) is 17.4. The highest BCUT2D eigenvalue weighted by Crippen LogP contribution is 2.46. The first-order valence-electron chi connectivity index (χ1n) is 8.79. The van der Waals surface area contributed by atoms with Crippen molar-refractivity contribution in [2.45, 2.75) is 31.9 Å². The maximum Gasteiger partial charge on any atom is 0.261 e. The maximum absolute atomic E-state index is 13.2. The van der Waals surface area contributed by atoms with Gasteiger partial charge in [-0.25, -0.2) is 0 Å². The van der Waals surface area contributed by atoms with Crippen LogP contribution in [0.2, 0.25) is 0 Å². The number of rotatable bonds is 3. The van der Waals surface area contributed by atoms with Crippen molar-refractivity contribution in [1.82, 2.24) is 0 Å². The number of fused-ring (bicyclic) bond motifs is 1. The third kappa shape index (κ3) is 2.35. The van der Waals surface area contributed by atoms with Gasteiger partial charge < -0.3 is 5.11 Å². The van der Waals surface area contributed by atoms with Crippen LogP contribution in [0.15, 0.2) is 72.3 Å². The number of carbonyl (C=O) groups excluding carboxylic acids is 1. The molecule has 1 unspecified atom stereocenters. The number of carbonyl (C=O) groups is 1. The monoisotopic (exact) mass is 331 g/mol. The number of anilines is 1. The third-order valence-corrected chi connectivity index (χ3v) is 5.03. The zero-order valence-electron chi connectivity index (χ0n) is 14.3. The Bertz CT molecular complexity index is 896. The SMILES string of the molecule is CCc1cccc(N2C(=O)c3ccccc3C2(O)C2=CCCC=C2)c1. The second-order valence-electron chi connectivity index (χ2n) is 6.52. The van der Waals surface area contributed by atoms with E-state index in [9.17, 15) is 9.90 Å². The van der Waals surface area contributed by atoms with Crippen LogP contribution in [0.4, 0.5) is 5.69 Å². The van der Waals surface area contributed by atoms with Crippen LogP contribution in [-0.4, -0.2) is 11.0 Å². The molecule has 2 aliphatic rings. The molecule has 0 fully saturated rings. The van der Waals surface area contributed by atoms with E-state index in [1.807, 2.05) is 54.6 Å². The summed E-state index contributed by atoms with van der Waals surface area (Å²) < 4.78 is 0. The predicted octanol–water partition coefficient (Wildman–Crippen LogP) is 4.33. The molecule has 1 N–H and O–H groups in total. The minimum Gasteiger partial charge on any atom is -0.363 e. The molecule has 25 heavy (non-hydrogen) atoms. The van der Waals surface area contributed by atoms with Gasteiger partial charge in [0.2, 0.25) is 0 Å². The number of nitrogens with zero attached hydrogens (tertiary/aromatic N) is 1. The topological polar surface area (TPSA) is 40.5 Å². The van der Waals surface area contributed by atoms with Gasteiger partial charge in [-0.05, 0) is 43.0 Å². The number of aryl methyl sites for hydroxylation is 1. The van der Waals surface area contributed by atoms with Crippen LogP contribution in [-0.2, 0) is 12.1 Å². The van der Waals surface area contributed by atoms with Crippen molar-refractivity contribution < 1.29 is 9.90 Å². The van der Waals surface area contributed by atoms with E-state index in [0.29, 0.717) is 11.1 Å². The Morgan fingerprint density at radius 2 is 1.96 bits per heavy atom. The Morgan fingerprint density at radius 1 is 1.12 bits per heavy atom. The summed E-state index contributed by atoms with van der Waals surface area (Å²) in [5, 5.41) is 11.8. The predicted molar refractivity (Wildman–Crippen MR) is 99.4 cm³/mol. The Hall–Kier alpha value is -2.65. The van der Waals surface area contributed by atoms with Crippen LogP contribution in [0.25, 0.3) is 0 Å². The smallest absolute Gasteiger partial charge is 0.261 e.